The third-order valence-electron chi connectivity index (χ3n) is 3.73. The summed E-state index contributed by atoms with van der Waals surface area (Å²) in [5.74, 6) is -0.239. The van der Waals surface area contributed by atoms with E-state index in [4.69, 9.17) is 5.73 Å². The first kappa shape index (κ1) is 12.3. The number of rotatable bonds is 2. The van der Waals surface area contributed by atoms with E-state index in [2.05, 4.69) is 15.5 Å². The molecule has 2 aliphatic rings. The van der Waals surface area contributed by atoms with Gasteiger partial charge in [0.05, 0.1) is 6.54 Å². The van der Waals surface area contributed by atoms with E-state index in [1.54, 1.807) is 0 Å². The number of fused-ring (bicyclic) bond motifs is 2. The molecule has 2 unspecified atom stereocenters. The van der Waals surface area contributed by atoms with Gasteiger partial charge in [-0.2, -0.15) is 0 Å². The molecule has 0 aromatic heterocycles. The number of amides is 3. The average Bonchev–Trinajstić information content (AvgIpc) is 2.51. The maximum Gasteiger partial charge on any atom is 0.321 e. The normalized spacial score (nSPS) is 32.2. The van der Waals surface area contributed by atoms with Crippen molar-refractivity contribution in [2.24, 2.45) is 5.73 Å². The Morgan fingerprint density at radius 3 is 2.41 bits per heavy atom. The van der Waals surface area contributed by atoms with E-state index < -0.39 is 6.03 Å². The van der Waals surface area contributed by atoms with Gasteiger partial charge in [-0.1, -0.05) is 0 Å². The molecule has 17 heavy (non-hydrogen) atoms. The summed E-state index contributed by atoms with van der Waals surface area (Å²) in [6.45, 7) is 0.301. The Hall–Kier alpha value is -1.14. The van der Waals surface area contributed by atoms with Gasteiger partial charge < -0.3 is 11.1 Å². The van der Waals surface area contributed by atoms with Crippen LogP contribution in [-0.2, 0) is 4.79 Å². The highest BCUT2D eigenvalue weighted by Crippen LogP contribution is 2.34. The molecule has 4 N–H and O–H groups in total. The lowest BCUT2D eigenvalue weighted by Crippen LogP contribution is -2.52. The molecule has 2 fully saturated rings. The van der Waals surface area contributed by atoms with Crippen LogP contribution in [-0.4, -0.2) is 48.6 Å². The van der Waals surface area contributed by atoms with Crippen molar-refractivity contribution in [3.63, 3.8) is 0 Å². The highest BCUT2D eigenvalue weighted by Gasteiger charge is 2.40. The summed E-state index contributed by atoms with van der Waals surface area (Å²) in [6, 6.07) is 0.653. The van der Waals surface area contributed by atoms with Gasteiger partial charge in [0.1, 0.15) is 0 Å². The first-order chi connectivity index (χ1) is 8.10. The molecule has 2 aliphatic heterocycles. The van der Waals surface area contributed by atoms with Crippen molar-refractivity contribution in [3.05, 3.63) is 0 Å². The maximum atomic E-state index is 11.6. The van der Waals surface area contributed by atoms with Crippen molar-refractivity contribution >= 4 is 11.9 Å². The van der Waals surface area contributed by atoms with E-state index in [1.165, 1.54) is 7.05 Å². The molecule has 2 bridgehead atoms. The van der Waals surface area contributed by atoms with Crippen LogP contribution in [0.25, 0.3) is 0 Å². The summed E-state index contributed by atoms with van der Waals surface area (Å²) >= 11 is 0. The van der Waals surface area contributed by atoms with Crippen LogP contribution in [0.2, 0.25) is 0 Å². The summed E-state index contributed by atoms with van der Waals surface area (Å²) in [5, 5.41) is 4.66. The van der Waals surface area contributed by atoms with Gasteiger partial charge >= 0.3 is 6.03 Å². The monoisotopic (exact) mass is 240 g/mol. The predicted molar refractivity (Wildman–Crippen MR) is 63.3 cm³/mol. The highest BCUT2D eigenvalue weighted by molar-refractivity contribution is 5.95. The molecule has 0 aromatic carbocycles. The Kier molecular flexibility index (Phi) is 3.63. The van der Waals surface area contributed by atoms with Crippen LogP contribution >= 0.6 is 0 Å². The van der Waals surface area contributed by atoms with Gasteiger partial charge in [-0.25, -0.2) is 4.79 Å². The Labute approximate surface area is 101 Å². The molecule has 6 nitrogen and oxygen atoms in total. The van der Waals surface area contributed by atoms with Crippen LogP contribution in [0.15, 0.2) is 0 Å². The first-order valence-corrected chi connectivity index (χ1v) is 6.13. The van der Waals surface area contributed by atoms with Crippen LogP contribution < -0.4 is 16.4 Å². The fourth-order valence-corrected chi connectivity index (χ4v) is 2.97. The van der Waals surface area contributed by atoms with E-state index >= 15 is 0 Å². The minimum atomic E-state index is -0.448. The van der Waals surface area contributed by atoms with Crippen molar-refractivity contribution in [2.75, 3.05) is 13.6 Å². The second-order valence-corrected chi connectivity index (χ2v) is 4.92. The maximum absolute atomic E-state index is 11.6. The van der Waals surface area contributed by atoms with E-state index in [1.807, 2.05) is 0 Å². The standard InChI is InChI=1S/C11H20N4O2/c1-13-11(17)14-10(16)6-15-8-2-3-9(15)5-7(12)4-8/h7-9H,2-6,12H2,1H3,(H2,13,14,16,17). The van der Waals surface area contributed by atoms with E-state index in [9.17, 15) is 9.59 Å². The minimum absolute atomic E-state index is 0.239. The van der Waals surface area contributed by atoms with Crippen molar-refractivity contribution in [1.82, 2.24) is 15.5 Å². The van der Waals surface area contributed by atoms with Crippen LogP contribution in [0.4, 0.5) is 4.79 Å². The largest absolute Gasteiger partial charge is 0.341 e. The minimum Gasteiger partial charge on any atom is -0.341 e. The van der Waals surface area contributed by atoms with Crippen LogP contribution in [0.5, 0.6) is 0 Å². The highest BCUT2D eigenvalue weighted by atomic mass is 16.2. The predicted octanol–water partition coefficient (Wildman–Crippen LogP) is -0.604. The van der Waals surface area contributed by atoms with Gasteiger partial charge in [0.2, 0.25) is 5.91 Å². The van der Waals surface area contributed by atoms with Crippen molar-refractivity contribution in [1.29, 1.82) is 0 Å². The molecule has 96 valence electrons. The molecule has 2 atom stereocenters. The molecule has 0 aromatic rings. The molecule has 2 rings (SSSR count). The lowest BCUT2D eigenvalue weighted by atomic mass is 9.98. The SMILES string of the molecule is CNC(=O)NC(=O)CN1C2CCC1CC(N)C2. The number of imide groups is 1. The molecule has 6 heteroatoms. The molecule has 0 spiro atoms. The Morgan fingerprint density at radius 1 is 1.29 bits per heavy atom. The average molecular weight is 240 g/mol. The smallest absolute Gasteiger partial charge is 0.321 e. The number of hydrogen-bond donors (Lipinski definition) is 3. The topological polar surface area (TPSA) is 87.5 Å². The Bertz CT molecular complexity index is 307. The summed E-state index contributed by atoms with van der Waals surface area (Å²) in [5.41, 5.74) is 5.96. The fraction of sp³-hybridized carbons (Fsp3) is 0.818. The van der Waals surface area contributed by atoms with Crippen LogP contribution in [0, 0.1) is 0 Å². The third-order valence-corrected chi connectivity index (χ3v) is 3.73. The van der Waals surface area contributed by atoms with Gasteiger partial charge in [-0.15, -0.1) is 0 Å². The van der Waals surface area contributed by atoms with Gasteiger partial charge in [0.15, 0.2) is 0 Å². The molecule has 0 saturated carbocycles. The summed E-state index contributed by atoms with van der Waals surface area (Å²) in [4.78, 5) is 24.8. The molecule has 0 aliphatic carbocycles. The quantitative estimate of drug-likeness (QED) is 0.601. The fourth-order valence-electron chi connectivity index (χ4n) is 2.97. The second kappa shape index (κ2) is 5.01. The number of piperidine rings is 1. The summed E-state index contributed by atoms with van der Waals surface area (Å²) in [7, 11) is 1.49. The molecule has 3 amide bonds. The van der Waals surface area contributed by atoms with Gasteiger partial charge in [0, 0.05) is 25.2 Å². The molecule has 2 heterocycles. The number of nitrogens with zero attached hydrogens (tertiary/aromatic N) is 1. The van der Waals surface area contributed by atoms with Crippen LogP contribution in [0.3, 0.4) is 0 Å². The Balaban J connectivity index is 1.87. The number of hydrogen-bond acceptors (Lipinski definition) is 4. The third kappa shape index (κ3) is 2.76. The number of urea groups is 1. The zero-order valence-electron chi connectivity index (χ0n) is 10.1. The van der Waals surface area contributed by atoms with Gasteiger partial charge in [0.25, 0.3) is 0 Å². The lowest BCUT2D eigenvalue weighted by molar-refractivity contribution is -0.122. The van der Waals surface area contributed by atoms with Crippen molar-refractivity contribution in [2.45, 2.75) is 43.8 Å². The van der Waals surface area contributed by atoms with Crippen LogP contribution in [0.1, 0.15) is 25.7 Å². The van der Waals surface area contributed by atoms with Crippen molar-refractivity contribution < 1.29 is 9.59 Å². The zero-order chi connectivity index (χ0) is 12.4. The van der Waals surface area contributed by atoms with Gasteiger partial charge in [-0.3, -0.25) is 15.0 Å². The van der Waals surface area contributed by atoms with Gasteiger partial charge in [-0.05, 0) is 25.7 Å². The molecule has 2 saturated heterocycles. The molecular weight excluding hydrogens is 220 g/mol. The first-order valence-electron chi connectivity index (χ1n) is 6.13. The zero-order valence-corrected chi connectivity index (χ0v) is 10.1. The summed E-state index contributed by atoms with van der Waals surface area (Å²) in [6.07, 6.45) is 4.16. The van der Waals surface area contributed by atoms with Crippen molar-refractivity contribution in [3.8, 4) is 0 Å². The number of carbonyl (C=O) groups excluding carboxylic acids is 2. The number of nitrogens with two attached hydrogens (primary N) is 1. The van der Waals surface area contributed by atoms with E-state index in [0.29, 0.717) is 18.6 Å². The molecule has 0 radical (unpaired) electrons. The number of nitrogens with one attached hydrogen (secondary N) is 2. The lowest BCUT2D eigenvalue weighted by Gasteiger charge is -2.36. The number of carbonyl (C=O) groups is 2. The van der Waals surface area contributed by atoms with E-state index in [-0.39, 0.29) is 11.9 Å². The van der Waals surface area contributed by atoms with E-state index in [0.717, 1.165) is 25.7 Å². The second-order valence-electron chi connectivity index (χ2n) is 4.92. The Morgan fingerprint density at radius 2 is 1.88 bits per heavy atom. The summed E-state index contributed by atoms with van der Waals surface area (Å²) < 4.78 is 0. The molecular formula is C11H20N4O2.